The first kappa shape index (κ1) is 13.8. The third-order valence-corrected chi connectivity index (χ3v) is 3.77. The van der Waals surface area contributed by atoms with Crippen LogP contribution in [0.1, 0.15) is 12.8 Å². The van der Waals surface area contributed by atoms with E-state index in [1.54, 1.807) is 12.1 Å². The fourth-order valence-corrected chi connectivity index (χ4v) is 2.42. The predicted molar refractivity (Wildman–Crippen MR) is 74.3 cm³/mol. The quantitative estimate of drug-likeness (QED) is 0.876. The van der Waals surface area contributed by atoms with Crippen LogP contribution in [-0.2, 0) is 0 Å². The summed E-state index contributed by atoms with van der Waals surface area (Å²) in [6, 6.07) is 4.87. The first-order valence-electron chi connectivity index (χ1n) is 6.24. The highest BCUT2D eigenvalue weighted by Gasteiger charge is 2.15. The summed E-state index contributed by atoms with van der Waals surface area (Å²) in [5, 5.41) is 12.9. The second kappa shape index (κ2) is 6.50. The van der Waals surface area contributed by atoms with Gasteiger partial charge in [0, 0.05) is 18.8 Å². The van der Waals surface area contributed by atoms with E-state index in [9.17, 15) is 9.50 Å². The van der Waals surface area contributed by atoms with Crippen molar-refractivity contribution in [1.29, 1.82) is 0 Å². The van der Waals surface area contributed by atoms with Gasteiger partial charge < -0.3 is 15.3 Å². The van der Waals surface area contributed by atoms with Crippen LogP contribution < -0.4 is 5.32 Å². The van der Waals surface area contributed by atoms with Gasteiger partial charge >= 0.3 is 0 Å². The van der Waals surface area contributed by atoms with Crippen molar-refractivity contribution in [2.45, 2.75) is 18.9 Å². The van der Waals surface area contributed by atoms with Crippen molar-refractivity contribution in [1.82, 2.24) is 4.90 Å². The van der Waals surface area contributed by atoms with Gasteiger partial charge in [-0.15, -0.1) is 0 Å². The molecule has 18 heavy (non-hydrogen) atoms. The maximum Gasteiger partial charge on any atom is 0.139 e. The van der Waals surface area contributed by atoms with Gasteiger partial charge in [-0.1, -0.05) is 0 Å². The summed E-state index contributed by atoms with van der Waals surface area (Å²) in [6.07, 6.45) is 2.02. The van der Waals surface area contributed by atoms with Crippen molar-refractivity contribution in [3.05, 3.63) is 28.5 Å². The van der Waals surface area contributed by atoms with Crippen LogP contribution in [0.15, 0.2) is 22.7 Å². The van der Waals surface area contributed by atoms with Gasteiger partial charge in [-0.25, -0.2) is 4.39 Å². The smallest absolute Gasteiger partial charge is 0.139 e. The van der Waals surface area contributed by atoms with Crippen molar-refractivity contribution in [2.24, 2.45) is 0 Å². The lowest BCUT2D eigenvalue weighted by Gasteiger charge is -2.20. The summed E-state index contributed by atoms with van der Waals surface area (Å²) in [6.45, 7) is 3.28. The molecular formula is C13H18BrFN2O. The van der Waals surface area contributed by atoms with Crippen molar-refractivity contribution in [3.8, 4) is 0 Å². The number of halogens is 2. The molecule has 1 heterocycles. The molecule has 0 aromatic heterocycles. The van der Waals surface area contributed by atoms with Gasteiger partial charge in [-0.05, 0) is 60.1 Å². The third-order valence-electron chi connectivity index (χ3n) is 3.13. The molecule has 1 aliphatic heterocycles. The molecule has 2 N–H and O–H groups in total. The number of nitrogens with zero attached hydrogens (tertiary/aromatic N) is 1. The Balaban J connectivity index is 1.77. The molecule has 1 aromatic rings. The van der Waals surface area contributed by atoms with E-state index in [0.717, 1.165) is 13.1 Å². The lowest BCUT2D eigenvalue weighted by Crippen LogP contribution is -2.34. The Bertz CT molecular complexity index is 397. The molecule has 1 fully saturated rings. The Morgan fingerprint density at radius 1 is 1.39 bits per heavy atom. The van der Waals surface area contributed by atoms with E-state index in [1.165, 1.54) is 18.9 Å². The molecular weight excluding hydrogens is 299 g/mol. The van der Waals surface area contributed by atoms with E-state index >= 15 is 0 Å². The third kappa shape index (κ3) is 3.93. The Morgan fingerprint density at radius 2 is 2.11 bits per heavy atom. The van der Waals surface area contributed by atoms with Gasteiger partial charge in [0.2, 0.25) is 0 Å². The molecule has 1 aliphatic rings. The zero-order valence-electron chi connectivity index (χ0n) is 10.2. The fraction of sp³-hybridized carbons (Fsp3) is 0.538. The van der Waals surface area contributed by atoms with E-state index in [2.05, 4.69) is 26.1 Å². The van der Waals surface area contributed by atoms with E-state index in [4.69, 9.17) is 0 Å². The van der Waals surface area contributed by atoms with E-state index < -0.39 is 6.10 Å². The van der Waals surface area contributed by atoms with Crippen LogP contribution in [0.5, 0.6) is 0 Å². The summed E-state index contributed by atoms with van der Waals surface area (Å²) < 4.78 is 13.7. The molecule has 0 radical (unpaired) electrons. The molecule has 0 spiro atoms. The SMILES string of the molecule is OC(CNc1ccc(Br)c(F)c1)CN1CCCC1. The fourth-order valence-electron chi connectivity index (χ4n) is 2.17. The molecule has 3 nitrogen and oxygen atoms in total. The molecule has 5 heteroatoms. The number of aliphatic hydroxyl groups is 1. The number of hydrogen-bond acceptors (Lipinski definition) is 3. The van der Waals surface area contributed by atoms with E-state index in [1.807, 2.05) is 0 Å². The molecule has 1 atom stereocenters. The van der Waals surface area contributed by atoms with Crippen LogP contribution in [-0.4, -0.2) is 42.3 Å². The lowest BCUT2D eigenvalue weighted by molar-refractivity contribution is 0.135. The highest BCUT2D eigenvalue weighted by Crippen LogP contribution is 2.19. The highest BCUT2D eigenvalue weighted by molar-refractivity contribution is 9.10. The first-order valence-corrected chi connectivity index (χ1v) is 7.04. The number of β-amino-alcohol motifs (C(OH)–C–C–N with tert-alkyl or cyclic N) is 1. The minimum absolute atomic E-state index is 0.297. The topological polar surface area (TPSA) is 35.5 Å². The largest absolute Gasteiger partial charge is 0.390 e. The monoisotopic (exact) mass is 316 g/mol. The number of nitrogens with one attached hydrogen (secondary N) is 1. The molecule has 2 rings (SSSR count). The van der Waals surface area contributed by atoms with Crippen LogP contribution in [0, 0.1) is 5.82 Å². The van der Waals surface area contributed by atoms with Crippen LogP contribution in [0.3, 0.4) is 0 Å². The Hall–Kier alpha value is -0.650. The Labute approximate surface area is 115 Å². The number of anilines is 1. The van der Waals surface area contributed by atoms with Crippen molar-refractivity contribution < 1.29 is 9.50 Å². The second-order valence-electron chi connectivity index (χ2n) is 4.67. The van der Waals surface area contributed by atoms with Gasteiger partial charge in [-0.3, -0.25) is 0 Å². The minimum Gasteiger partial charge on any atom is -0.390 e. The summed E-state index contributed by atoms with van der Waals surface area (Å²) in [5.74, 6) is -0.297. The maximum atomic E-state index is 13.3. The van der Waals surface area contributed by atoms with Gasteiger partial charge in [0.25, 0.3) is 0 Å². The molecule has 0 aliphatic carbocycles. The molecule has 0 bridgehead atoms. The van der Waals surface area contributed by atoms with E-state index in [0.29, 0.717) is 23.2 Å². The van der Waals surface area contributed by atoms with Crippen LogP contribution in [0.2, 0.25) is 0 Å². The Kier molecular flexibility index (Phi) is 4.97. The summed E-state index contributed by atoms with van der Waals surface area (Å²) >= 11 is 3.11. The normalized spacial score (nSPS) is 17.9. The van der Waals surface area contributed by atoms with Crippen LogP contribution >= 0.6 is 15.9 Å². The van der Waals surface area contributed by atoms with E-state index in [-0.39, 0.29) is 5.82 Å². The molecule has 1 unspecified atom stereocenters. The van der Waals surface area contributed by atoms with Crippen molar-refractivity contribution >= 4 is 21.6 Å². The van der Waals surface area contributed by atoms with Gasteiger partial charge in [-0.2, -0.15) is 0 Å². The number of aliphatic hydroxyl groups excluding tert-OH is 1. The van der Waals surface area contributed by atoms with Crippen LogP contribution in [0.25, 0.3) is 0 Å². The maximum absolute atomic E-state index is 13.3. The number of likely N-dealkylation sites (tertiary alicyclic amines) is 1. The van der Waals surface area contributed by atoms with Crippen LogP contribution in [0.4, 0.5) is 10.1 Å². The standard InChI is InChI=1S/C13H18BrFN2O/c14-12-4-3-10(7-13(12)15)16-8-11(18)9-17-5-1-2-6-17/h3-4,7,11,16,18H,1-2,5-6,8-9H2. The molecule has 0 amide bonds. The zero-order valence-corrected chi connectivity index (χ0v) is 11.8. The Morgan fingerprint density at radius 3 is 2.78 bits per heavy atom. The lowest BCUT2D eigenvalue weighted by atomic mass is 10.2. The zero-order chi connectivity index (χ0) is 13.0. The number of benzene rings is 1. The average molecular weight is 317 g/mol. The number of hydrogen-bond donors (Lipinski definition) is 2. The molecule has 0 saturated carbocycles. The van der Waals surface area contributed by atoms with Gasteiger partial charge in [0.05, 0.1) is 10.6 Å². The van der Waals surface area contributed by atoms with Crippen molar-refractivity contribution in [2.75, 3.05) is 31.5 Å². The molecule has 100 valence electrons. The van der Waals surface area contributed by atoms with Gasteiger partial charge in [0.1, 0.15) is 5.82 Å². The molecule has 1 saturated heterocycles. The average Bonchev–Trinajstić information content (AvgIpc) is 2.83. The van der Waals surface area contributed by atoms with Gasteiger partial charge in [0.15, 0.2) is 0 Å². The second-order valence-corrected chi connectivity index (χ2v) is 5.53. The predicted octanol–water partition coefficient (Wildman–Crippen LogP) is 2.46. The summed E-state index contributed by atoms with van der Waals surface area (Å²) in [5.41, 5.74) is 0.691. The molecule has 1 aromatic carbocycles. The summed E-state index contributed by atoms with van der Waals surface area (Å²) in [7, 11) is 0. The minimum atomic E-state index is -0.421. The number of rotatable bonds is 5. The van der Waals surface area contributed by atoms with Crippen molar-refractivity contribution in [3.63, 3.8) is 0 Å². The summed E-state index contributed by atoms with van der Waals surface area (Å²) in [4.78, 5) is 2.26. The highest BCUT2D eigenvalue weighted by atomic mass is 79.9. The first-order chi connectivity index (χ1) is 8.65.